The molecule has 4 heteroatoms. The van der Waals surface area contributed by atoms with Gasteiger partial charge in [0.1, 0.15) is 0 Å². The first-order chi connectivity index (χ1) is 9.17. The molecule has 0 unspecified atom stereocenters. The van der Waals surface area contributed by atoms with Crippen molar-refractivity contribution in [1.82, 2.24) is 0 Å². The van der Waals surface area contributed by atoms with Crippen LogP contribution in [-0.4, -0.2) is 28.4 Å². The molecule has 0 saturated carbocycles. The lowest BCUT2D eigenvalue weighted by molar-refractivity contribution is 0.233. The number of hydrogen-bond donors (Lipinski definition) is 3. The molecule has 0 amide bonds. The van der Waals surface area contributed by atoms with Gasteiger partial charge >= 0.3 is 0 Å². The maximum atomic E-state index is 5.75. The molecular weight excluding hydrogens is 250 g/mol. The summed E-state index contributed by atoms with van der Waals surface area (Å²) in [5.41, 5.74) is 17.8. The first kappa shape index (κ1) is 19.1. The average Bonchev–Trinajstić information content (AvgIpc) is 2.45. The van der Waals surface area contributed by atoms with Gasteiger partial charge in [-0.3, -0.25) is 0 Å². The van der Waals surface area contributed by atoms with Crippen molar-refractivity contribution in [2.24, 2.45) is 22.6 Å². The third-order valence-corrected chi connectivity index (χ3v) is 8.36. The first-order valence-electron chi connectivity index (χ1n) is 8.28. The molecule has 0 spiro atoms. The molecule has 0 rings (SSSR count). The van der Waals surface area contributed by atoms with Crippen LogP contribution in [0.4, 0.5) is 0 Å². The molecule has 0 atom stereocenters. The molecule has 0 aromatic carbocycles. The minimum Gasteiger partial charge on any atom is -0.330 e. The zero-order chi connectivity index (χ0) is 14.6. The van der Waals surface area contributed by atoms with Crippen LogP contribution in [0.3, 0.4) is 0 Å². The van der Waals surface area contributed by atoms with Gasteiger partial charge in [-0.15, -0.1) is 0 Å². The van der Waals surface area contributed by atoms with Crippen LogP contribution >= 0.6 is 0 Å². The van der Waals surface area contributed by atoms with E-state index in [1.54, 1.807) is 0 Å². The van der Waals surface area contributed by atoms with E-state index in [-0.39, 0.29) is 0 Å². The molecule has 116 valence electrons. The highest BCUT2D eigenvalue weighted by Crippen LogP contribution is 2.41. The number of nitrogens with two attached hydrogens (primary N) is 3. The van der Waals surface area contributed by atoms with Gasteiger partial charge in [-0.25, -0.2) is 0 Å². The topological polar surface area (TPSA) is 78.1 Å². The van der Waals surface area contributed by atoms with E-state index in [1.165, 1.54) is 37.4 Å². The Bertz CT molecular complexity index is 174. The summed E-state index contributed by atoms with van der Waals surface area (Å²) in [6.07, 6.45) is 7.32. The molecule has 3 nitrogen and oxygen atoms in total. The van der Waals surface area contributed by atoms with Gasteiger partial charge in [-0.2, -0.15) is 0 Å². The van der Waals surface area contributed by atoms with Crippen LogP contribution < -0.4 is 17.2 Å². The number of rotatable bonds is 13. The van der Waals surface area contributed by atoms with E-state index < -0.39 is 8.80 Å². The summed E-state index contributed by atoms with van der Waals surface area (Å²) in [6, 6.07) is 4.32. The smallest absolute Gasteiger partial charge is 0.0367 e. The summed E-state index contributed by atoms with van der Waals surface area (Å²) < 4.78 is 0. The SMILES string of the molecule is CC[SiH](CC)CC(CCCN)(CCCN)CCCN. The summed E-state index contributed by atoms with van der Waals surface area (Å²) in [7, 11) is -0.568. The summed E-state index contributed by atoms with van der Waals surface area (Å²) in [5.74, 6) is 0. The summed E-state index contributed by atoms with van der Waals surface area (Å²) in [5, 5.41) is 0. The molecule has 0 aliphatic heterocycles. The summed E-state index contributed by atoms with van der Waals surface area (Å²) in [6.45, 7) is 7.20. The van der Waals surface area contributed by atoms with Gasteiger partial charge in [0, 0.05) is 8.80 Å². The van der Waals surface area contributed by atoms with Crippen LogP contribution in [0.2, 0.25) is 18.1 Å². The lowest BCUT2D eigenvalue weighted by Crippen LogP contribution is -2.30. The minimum atomic E-state index is -0.568. The van der Waals surface area contributed by atoms with Crippen molar-refractivity contribution in [1.29, 1.82) is 0 Å². The zero-order valence-corrected chi connectivity index (χ0v) is 14.4. The maximum Gasteiger partial charge on any atom is 0.0367 e. The van der Waals surface area contributed by atoms with E-state index in [4.69, 9.17) is 17.2 Å². The highest BCUT2D eigenvalue weighted by Gasteiger charge is 2.30. The molecule has 0 saturated heterocycles. The Hall–Kier alpha value is 0.0969. The van der Waals surface area contributed by atoms with Gasteiger partial charge in [0.05, 0.1) is 0 Å². The van der Waals surface area contributed by atoms with E-state index in [0.717, 1.165) is 38.9 Å². The summed E-state index contributed by atoms with van der Waals surface area (Å²) >= 11 is 0. The molecule has 0 bridgehead atoms. The van der Waals surface area contributed by atoms with Gasteiger partial charge in [-0.05, 0) is 63.6 Å². The van der Waals surface area contributed by atoms with Crippen molar-refractivity contribution >= 4 is 8.80 Å². The molecule has 0 heterocycles. The Labute approximate surface area is 122 Å². The molecule has 0 aromatic rings. The molecule has 0 radical (unpaired) electrons. The minimum absolute atomic E-state index is 0.501. The standard InChI is InChI=1S/C15H37N3Si/c1-3-19(4-2)14-15(8-5-11-16,9-6-12-17)10-7-13-18/h19H,3-14,16-18H2,1-2H3. The van der Waals surface area contributed by atoms with Crippen molar-refractivity contribution < 1.29 is 0 Å². The highest BCUT2D eigenvalue weighted by molar-refractivity contribution is 6.58. The van der Waals surface area contributed by atoms with Crippen LogP contribution in [0.1, 0.15) is 52.4 Å². The van der Waals surface area contributed by atoms with Crippen LogP contribution in [0.15, 0.2) is 0 Å². The van der Waals surface area contributed by atoms with E-state index in [1.807, 2.05) is 0 Å². The predicted octanol–water partition coefficient (Wildman–Crippen LogP) is 2.46. The Balaban J connectivity index is 4.74. The Morgan fingerprint density at radius 1 is 0.737 bits per heavy atom. The van der Waals surface area contributed by atoms with E-state index >= 15 is 0 Å². The normalized spacial score (nSPS) is 12.3. The quantitative estimate of drug-likeness (QED) is 0.455. The van der Waals surface area contributed by atoms with Crippen LogP contribution in [-0.2, 0) is 0 Å². The monoisotopic (exact) mass is 287 g/mol. The molecule has 19 heavy (non-hydrogen) atoms. The van der Waals surface area contributed by atoms with Gasteiger partial charge in [0.2, 0.25) is 0 Å². The van der Waals surface area contributed by atoms with Gasteiger partial charge in [-0.1, -0.05) is 32.0 Å². The van der Waals surface area contributed by atoms with Crippen LogP contribution in [0.25, 0.3) is 0 Å². The fraction of sp³-hybridized carbons (Fsp3) is 1.00. The Kier molecular flexibility index (Phi) is 11.9. The second kappa shape index (κ2) is 11.9. The molecule has 0 fully saturated rings. The van der Waals surface area contributed by atoms with E-state index in [0.29, 0.717) is 5.41 Å². The Morgan fingerprint density at radius 3 is 1.37 bits per heavy atom. The van der Waals surface area contributed by atoms with Crippen molar-refractivity contribution in [3.05, 3.63) is 0 Å². The molecule has 6 N–H and O–H groups in total. The highest BCUT2D eigenvalue weighted by atomic mass is 28.3. The fourth-order valence-electron chi connectivity index (χ4n) is 3.30. The third kappa shape index (κ3) is 8.08. The molecule has 0 aliphatic rings. The van der Waals surface area contributed by atoms with E-state index in [9.17, 15) is 0 Å². The van der Waals surface area contributed by atoms with Crippen LogP contribution in [0, 0.1) is 5.41 Å². The second-order valence-electron chi connectivity index (χ2n) is 6.06. The molecular formula is C15H37N3Si. The largest absolute Gasteiger partial charge is 0.330 e. The Morgan fingerprint density at radius 2 is 1.11 bits per heavy atom. The predicted molar refractivity (Wildman–Crippen MR) is 90.2 cm³/mol. The van der Waals surface area contributed by atoms with Crippen molar-refractivity contribution in [2.45, 2.75) is 70.5 Å². The lowest BCUT2D eigenvalue weighted by Gasteiger charge is -2.37. The number of hydrogen-bond acceptors (Lipinski definition) is 3. The van der Waals surface area contributed by atoms with Crippen LogP contribution in [0.5, 0.6) is 0 Å². The van der Waals surface area contributed by atoms with Gasteiger partial charge < -0.3 is 17.2 Å². The summed E-state index contributed by atoms with van der Waals surface area (Å²) in [4.78, 5) is 0. The third-order valence-electron chi connectivity index (χ3n) is 4.61. The maximum absolute atomic E-state index is 5.75. The molecule has 0 aromatic heterocycles. The first-order valence-corrected chi connectivity index (χ1v) is 10.7. The average molecular weight is 288 g/mol. The van der Waals surface area contributed by atoms with Gasteiger partial charge in [0.25, 0.3) is 0 Å². The molecule has 0 aliphatic carbocycles. The van der Waals surface area contributed by atoms with Crippen molar-refractivity contribution in [3.8, 4) is 0 Å². The van der Waals surface area contributed by atoms with Crippen molar-refractivity contribution in [2.75, 3.05) is 19.6 Å². The lowest BCUT2D eigenvalue weighted by atomic mass is 9.77. The fourth-order valence-corrected chi connectivity index (χ4v) is 6.29. The zero-order valence-electron chi connectivity index (χ0n) is 13.3. The van der Waals surface area contributed by atoms with Crippen molar-refractivity contribution in [3.63, 3.8) is 0 Å². The van der Waals surface area contributed by atoms with E-state index in [2.05, 4.69) is 13.8 Å². The second-order valence-corrected chi connectivity index (χ2v) is 9.84. The van der Waals surface area contributed by atoms with Gasteiger partial charge in [0.15, 0.2) is 0 Å².